The van der Waals surface area contributed by atoms with Crippen LogP contribution in [0.25, 0.3) is 0 Å². The van der Waals surface area contributed by atoms with E-state index in [9.17, 15) is 4.79 Å². The van der Waals surface area contributed by atoms with Crippen molar-refractivity contribution in [2.24, 2.45) is 0 Å². The Morgan fingerprint density at radius 2 is 2.38 bits per heavy atom. The van der Waals surface area contributed by atoms with Gasteiger partial charge in [-0.05, 0) is 0 Å². The summed E-state index contributed by atoms with van der Waals surface area (Å²) in [4.78, 5) is 14.4. The number of hydrogen-bond donors (Lipinski definition) is 1. The van der Waals surface area contributed by atoms with E-state index in [1.807, 2.05) is 0 Å². The van der Waals surface area contributed by atoms with Crippen LogP contribution in [0.2, 0.25) is 0 Å². The van der Waals surface area contributed by atoms with E-state index in [0.29, 0.717) is 6.42 Å². The van der Waals surface area contributed by atoms with Crippen LogP contribution < -0.4 is 35.0 Å². The molecule has 0 bridgehead atoms. The maximum atomic E-state index is 10.1. The van der Waals surface area contributed by atoms with Gasteiger partial charge in [-0.3, -0.25) is 4.79 Å². The molecule has 0 saturated heterocycles. The van der Waals surface area contributed by atoms with Crippen LogP contribution in [-0.4, -0.2) is 13.0 Å². The summed E-state index contributed by atoms with van der Waals surface area (Å²) in [6.45, 7) is 1.74. The Balaban J connectivity index is -0.000000180. The molecule has 0 atom stereocenters. The second kappa shape index (κ2) is 7.43. The standard InChI is InChI=1S/C4H9NO2.Na.H/c1-3-4(6)7-5-2;;/h5H,3H2,1-2H3;;/q;+1;-1. The minimum Gasteiger partial charge on any atom is -1.00 e. The molecule has 0 spiro atoms. The van der Waals surface area contributed by atoms with Crippen LogP contribution in [0.1, 0.15) is 14.8 Å². The zero-order valence-corrected chi connectivity index (χ0v) is 7.52. The molecule has 0 saturated carbocycles. The van der Waals surface area contributed by atoms with Crippen molar-refractivity contribution in [2.75, 3.05) is 7.05 Å². The molecule has 0 aliphatic rings. The minimum absolute atomic E-state index is 0. The number of nitrogens with one attached hydrogen (secondary N) is 1. The predicted octanol–water partition coefficient (Wildman–Crippen LogP) is -2.81. The molecule has 1 N–H and O–H groups in total. The molecule has 0 aliphatic heterocycles. The maximum Gasteiger partial charge on any atom is 1.00 e. The fourth-order valence-electron chi connectivity index (χ4n) is 0.186. The van der Waals surface area contributed by atoms with Crippen molar-refractivity contribution in [3.05, 3.63) is 0 Å². The zero-order valence-electron chi connectivity index (χ0n) is 6.52. The molecule has 8 heavy (non-hydrogen) atoms. The van der Waals surface area contributed by atoms with Gasteiger partial charge in [-0.1, -0.05) is 6.92 Å². The van der Waals surface area contributed by atoms with Crippen molar-refractivity contribution >= 4 is 5.97 Å². The first-order valence-electron chi connectivity index (χ1n) is 2.17. The van der Waals surface area contributed by atoms with Gasteiger partial charge in [0.05, 0.1) is 0 Å². The van der Waals surface area contributed by atoms with E-state index in [0.717, 1.165) is 0 Å². The Kier molecular flexibility index (Phi) is 10.5. The fraction of sp³-hybridized carbons (Fsp3) is 0.750. The predicted molar refractivity (Wildman–Crippen MR) is 26.6 cm³/mol. The van der Waals surface area contributed by atoms with Crippen molar-refractivity contribution in [1.29, 1.82) is 0 Å². The third-order valence-corrected chi connectivity index (χ3v) is 0.505. The second-order valence-corrected chi connectivity index (χ2v) is 1.03. The van der Waals surface area contributed by atoms with Crippen LogP contribution in [0.4, 0.5) is 0 Å². The van der Waals surface area contributed by atoms with Crippen LogP contribution in [0.15, 0.2) is 0 Å². The van der Waals surface area contributed by atoms with Gasteiger partial charge in [-0.15, -0.1) is 0 Å². The smallest absolute Gasteiger partial charge is 1.00 e. The number of carbonyl (C=O) groups excluding carboxylic acids is 1. The molecule has 0 heterocycles. The summed E-state index contributed by atoms with van der Waals surface area (Å²) in [5.41, 5.74) is 2.27. The molecule has 44 valence electrons. The summed E-state index contributed by atoms with van der Waals surface area (Å²) in [7, 11) is 1.55. The average molecular weight is 127 g/mol. The minimum atomic E-state index is -0.234. The van der Waals surface area contributed by atoms with Crippen molar-refractivity contribution in [3.63, 3.8) is 0 Å². The third kappa shape index (κ3) is 6.43. The van der Waals surface area contributed by atoms with E-state index in [2.05, 4.69) is 10.3 Å². The summed E-state index contributed by atoms with van der Waals surface area (Å²) in [5.74, 6) is -0.234. The van der Waals surface area contributed by atoms with Gasteiger partial charge < -0.3 is 6.26 Å². The van der Waals surface area contributed by atoms with Gasteiger partial charge >= 0.3 is 35.5 Å². The summed E-state index contributed by atoms with van der Waals surface area (Å²) < 4.78 is 0. The quantitative estimate of drug-likeness (QED) is 0.321. The Morgan fingerprint density at radius 1 is 1.88 bits per heavy atom. The molecular weight excluding hydrogens is 117 g/mol. The number of carbonyl (C=O) groups is 1. The van der Waals surface area contributed by atoms with E-state index in [-0.39, 0.29) is 37.0 Å². The van der Waals surface area contributed by atoms with Gasteiger partial charge in [0, 0.05) is 13.5 Å². The Morgan fingerprint density at radius 3 is 2.50 bits per heavy atom. The van der Waals surface area contributed by atoms with Gasteiger partial charge in [0.15, 0.2) is 0 Å². The normalized spacial score (nSPS) is 7.25. The van der Waals surface area contributed by atoms with Crippen molar-refractivity contribution in [1.82, 2.24) is 5.48 Å². The van der Waals surface area contributed by atoms with Crippen molar-refractivity contribution in [3.8, 4) is 0 Å². The summed E-state index contributed by atoms with van der Waals surface area (Å²) >= 11 is 0. The topological polar surface area (TPSA) is 38.3 Å². The maximum absolute atomic E-state index is 10.1. The zero-order chi connectivity index (χ0) is 5.70. The molecule has 0 aromatic carbocycles. The molecule has 0 aromatic heterocycles. The van der Waals surface area contributed by atoms with E-state index in [1.165, 1.54) is 0 Å². The number of rotatable bonds is 2. The first-order valence-corrected chi connectivity index (χ1v) is 2.17. The van der Waals surface area contributed by atoms with Crippen LogP contribution in [-0.2, 0) is 9.63 Å². The summed E-state index contributed by atoms with van der Waals surface area (Å²) in [6, 6.07) is 0. The van der Waals surface area contributed by atoms with E-state index >= 15 is 0 Å². The first kappa shape index (κ1) is 11.3. The number of hydroxylamine groups is 1. The first-order chi connectivity index (χ1) is 3.31. The summed E-state index contributed by atoms with van der Waals surface area (Å²) in [5, 5.41) is 0. The van der Waals surface area contributed by atoms with Gasteiger partial charge in [0.25, 0.3) is 0 Å². The van der Waals surface area contributed by atoms with Gasteiger partial charge in [0.2, 0.25) is 0 Å². The average Bonchev–Trinajstić information content (AvgIpc) is 1.68. The Hall–Kier alpha value is 0.430. The SMILES string of the molecule is CCC(=O)ONC.[H-].[Na+]. The number of hydrogen-bond acceptors (Lipinski definition) is 3. The monoisotopic (exact) mass is 127 g/mol. The van der Waals surface area contributed by atoms with Crippen molar-refractivity contribution in [2.45, 2.75) is 13.3 Å². The molecular formula is C4H10NNaO2. The van der Waals surface area contributed by atoms with E-state index < -0.39 is 0 Å². The largest absolute Gasteiger partial charge is 1.00 e. The molecule has 0 amide bonds. The fourth-order valence-corrected chi connectivity index (χ4v) is 0.186. The molecule has 0 aliphatic carbocycles. The second-order valence-electron chi connectivity index (χ2n) is 1.03. The molecule has 0 rings (SSSR count). The molecule has 0 fully saturated rings. The van der Waals surface area contributed by atoms with Gasteiger partial charge in [0.1, 0.15) is 0 Å². The van der Waals surface area contributed by atoms with E-state index in [1.54, 1.807) is 14.0 Å². The van der Waals surface area contributed by atoms with Crippen LogP contribution in [0.5, 0.6) is 0 Å². The van der Waals surface area contributed by atoms with Gasteiger partial charge in [-0.25, -0.2) is 0 Å². The molecule has 3 nitrogen and oxygen atoms in total. The Bertz CT molecular complexity index is 71.6. The van der Waals surface area contributed by atoms with Crippen LogP contribution in [0.3, 0.4) is 0 Å². The Labute approximate surface area is 72.5 Å². The molecule has 0 aromatic rings. The molecule has 4 heteroatoms. The van der Waals surface area contributed by atoms with Crippen LogP contribution >= 0.6 is 0 Å². The molecule has 0 radical (unpaired) electrons. The third-order valence-electron chi connectivity index (χ3n) is 0.505. The van der Waals surface area contributed by atoms with Gasteiger partial charge in [-0.2, -0.15) is 5.48 Å². The summed E-state index contributed by atoms with van der Waals surface area (Å²) in [6.07, 6.45) is 0.418. The molecule has 0 unspecified atom stereocenters. The van der Waals surface area contributed by atoms with Crippen molar-refractivity contribution < 1.29 is 40.6 Å². The van der Waals surface area contributed by atoms with Crippen LogP contribution in [0, 0.1) is 0 Å². The van der Waals surface area contributed by atoms with E-state index in [4.69, 9.17) is 0 Å².